The van der Waals surface area contributed by atoms with Crippen LogP contribution in [-0.2, 0) is 9.59 Å². The van der Waals surface area contributed by atoms with Crippen molar-refractivity contribution in [3.8, 4) is 5.75 Å². The Hall–Kier alpha value is -3.79. The molecule has 0 fully saturated rings. The standard InChI is InChI=1S/C27H26BrF2N3O4/c1-16-10-18(28)11-17(2)26(16)31-13-22(15-34)37-24-9-6-20(30)12-23(24)27(36)32-14-25(35)33(3)21-7-4-19(29)5-8-21/h4-12,15,22,31H,13-14H2,1-3H3,(H,32,36)/t22-/m1/s1. The van der Waals surface area contributed by atoms with Crippen molar-refractivity contribution in [3.05, 3.63) is 87.4 Å². The van der Waals surface area contributed by atoms with Crippen LogP contribution in [0.3, 0.4) is 0 Å². The molecule has 0 saturated heterocycles. The molecule has 0 saturated carbocycles. The number of hydrogen-bond acceptors (Lipinski definition) is 5. The first-order chi connectivity index (χ1) is 17.6. The highest BCUT2D eigenvalue weighted by Gasteiger charge is 2.20. The quantitative estimate of drug-likeness (QED) is 0.340. The summed E-state index contributed by atoms with van der Waals surface area (Å²) < 4.78 is 33.8. The fraction of sp³-hybridized carbons (Fsp3) is 0.222. The van der Waals surface area contributed by atoms with Gasteiger partial charge >= 0.3 is 0 Å². The van der Waals surface area contributed by atoms with Crippen LogP contribution < -0.4 is 20.3 Å². The molecule has 0 aliphatic heterocycles. The van der Waals surface area contributed by atoms with E-state index in [0.717, 1.165) is 33.4 Å². The Morgan fingerprint density at radius 2 is 1.65 bits per heavy atom. The summed E-state index contributed by atoms with van der Waals surface area (Å²) in [6.07, 6.45) is -0.395. The van der Waals surface area contributed by atoms with Gasteiger partial charge in [0.25, 0.3) is 5.91 Å². The van der Waals surface area contributed by atoms with Crippen LogP contribution in [0.5, 0.6) is 5.75 Å². The van der Waals surface area contributed by atoms with Crippen LogP contribution in [-0.4, -0.2) is 44.3 Å². The number of ether oxygens (including phenoxy) is 1. The van der Waals surface area contributed by atoms with Gasteiger partial charge in [0.1, 0.15) is 17.4 Å². The molecule has 0 spiro atoms. The van der Waals surface area contributed by atoms with Gasteiger partial charge in [0.15, 0.2) is 12.4 Å². The SMILES string of the molecule is Cc1cc(Br)cc(C)c1NC[C@H](C=O)Oc1ccc(F)cc1C(=O)NCC(=O)N(C)c1ccc(F)cc1. The van der Waals surface area contributed by atoms with E-state index in [0.29, 0.717) is 12.0 Å². The first kappa shape index (κ1) is 27.8. The molecule has 7 nitrogen and oxygen atoms in total. The van der Waals surface area contributed by atoms with Crippen LogP contribution in [0.1, 0.15) is 21.5 Å². The van der Waals surface area contributed by atoms with E-state index in [1.54, 1.807) is 0 Å². The van der Waals surface area contributed by atoms with Crippen molar-refractivity contribution < 1.29 is 27.9 Å². The minimum Gasteiger partial charge on any atom is -0.480 e. The zero-order valence-electron chi connectivity index (χ0n) is 20.5. The molecule has 0 heterocycles. The number of hydrogen-bond donors (Lipinski definition) is 2. The summed E-state index contributed by atoms with van der Waals surface area (Å²) in [6, 6.07) is 12.5. The molecule has 194 valence electrons. The molecule has 0 aliphatic rings. The van der Waals surface area contributed by atoms with E-state index in [-0.39, 0.29) is 17.9 Å². The van der Waals surface area contributed by atoms with Crippen molar-refractivity contribution in [1.82, 2.24) is 5.32 Å². The maximum Gasteiger partial charge on any atom is 0.255 e. The summed E-state index contributed by atoms with van der Waals surface area (Å²) in [7, 11) is 1.48. The molecule has 0 aliphatic carbocycles. The Balaban J connectivity index is 1.67. The summed E-state index contributed by atoms with van der Waals surface area (Å²) in [5, 5.41) is 5.62. The smallest absolute Gasteiger partial charge is 0.255 e. The Kier molecular flexibility index (Phi) is 9.35. The molecule has 0 unspecified atom stereocenters. The predicted octanol–water partition coefficient (Wildman–Crippen LogP) is 4.80. The van der Waals surface area contributed by atoms with Crippen molar-refractivity contribution in [2.24, 2.45) is 0 Å². The predicted molar refractivity (Wildman–Crippen MR) is 141 cm³/mol. The number of benzene rings is 3. The number of carbonyl (C=O) groups is 3. The van der Waals surface area contributed by atoms with Crippen LogP contribution >= 0.6 is 15.9 Å². The summed E-state index contributed by atoms with van der Waals surface area (Å²) in [4.78, 5) is 38.3. The lowest BCUT2D eigenvalue weighted by Gasteiger charge is -2.20. The fourth-order valence-electron chi connectivity index (χ4n) is 3.63. The molecule has 0 aromatic heterocycles. The lowest BCUT2D eigenvalue weighted by atomic mass is 10.1. The summed E-state index contributed by atoms with van der Waals surface area (Å²) >= 11 is 3.44. The van der Waals surface area contributed by atoms with E-state index in [1.165, 1.54) is 42.3 Å². The Bertz CT molecular complexity index is 1280. The summed E-state index contributed by atoms with van der Waals surface area (Å²) in [5.41, 5.74) is 3.05. The number of nitrogens with one attached hydrogen (secondary N) is 2. The van der Waals surface area contributed by atoms with Gasteiger partial charge in [0.2, 0.25) is 5.91 Å². The zero-order chi connectivity index (χ0) is 27.1. The average Bonchev–Trinajstić information content (AvgIpc) is 2.86. The number of likely N-dealkylation sites (N-methyl/N-ethyl adjacent to an activating group) is 1. The molecule has 0 radical (unpaired) electrons. The molecule has 0 bridgehead atoms. The van der Waals surface area contributed by atoms with Crippen LogP contribution in [0.2, 0.25) is 0 Å². The van der Waals surface area contributed by atoms with Gasteiger partial charge in [-0.1, -0.05) is 15.9 Å². The number of aldehydes is 1. The van der Waals surface area contributed by atoms with Crippen LogP contribution in [0, 0.1) is 25.5 Å². The lowest BCUT2D eigenvalue weighted by molar-refractivity contribution is -0.117. The average molecular weight is 574 g/mol. The summed E-state index contributed by atoms with van der Waals surface area (Å²) in [5.74, 6) is -2.38. The van der Waals surface area contributed by atoms with Crippen LogP contribution in [0.15, 0.2) is 59.1 Å². The third-order valence-electron chi connectivity index (χ3n) is 5.58. The van der Waals surface area contributed by atoms with E-state index in [2.05, 4.69) is 26.6 Å². The monoisotopic (exact) mass is 573 g/mol. The largest absolute Gasteiger partial charge is 0.480 e. The van der Waals surface area contributed by atoms with Gasteiger partial charge < -0.3 is 20.3 Å². The van der Waals surface area contributed by atoms with Gasteiger partial charge in [-0.15, -0.1) is 0 Å². The number of nitrogens with zero attached hydrogens (tertiary/aromatic N) is 1. The van der Waals surface area contributed by atoms with E-state index in [1.807, 2.05) is 26.0 Å². The Morgan fingerprint density at radius 1 is 1.03 bits per heavy atom. The second-order valence-electron chi connectivity index (χ2n) is 8.34. The van der Waals surface area contributed by atoms with E-state index < -0.39 is 36.1 Å². The van der Waals surface area contributed by atoms with Crippen molar-refractivity contribution in [2.45, 2.75) is 20.0 Å². The van der Waals surface area contributed by atoms with E-state index >= 15 is 0 Å². The highest BCUT2D eigenvalue weighted by atomic mass is 79.9. The first-order valence-corrected chi connectivity index (χ1v) is 12.1. The lowest BCUT2D eigenvalue weighted by Crippen LogP contribution is -2.38. The second-order valence-corrected chi connectivity index (χ2v) is 9.26. The molecular weight excluding hydrogens is 548 g/mol. The maximum absolute atomic E-state index is 14.0. The molecule has 3 aromatic rings. The molecular formula is C27H26BrF2N3O4. The van der Waals surface area contributed by atoms with Gasteiger partial charge in [-0.05, 0) is 79.6 Å². The molecule has 2 N–H and O–H groups in total. The maximum atomic E-state index is 14.0. The number of anilines is 2. The molecule has 3 rings (SSSR count). The van der Waals surface area contributed by atoms with Crippen molar-refractivity contribution >= 4 is 45.4 Å². The molecule has 3 aromatic carbocycles. The van der Waals surface area contributed by atoms with Gasteiger partial charge in [-0.3, -0.25) is 14.4 Å². The van der Waals surface area contributed by atoms with Crippen molar-refractivity contribution in [2.75, 3.05) is 30.4 Å². The molecule has 37 heavy (non-hydrogen) atoms. The van der Waals surface area contributed by atoms with Crippen LogP contribution in [0.25, 0.3) is 0 Å². The third kappa shape index (κ3) is 7.36. The van der Waals surface area contributed by atoms with Crippen LogP contribution in [0.4, 0.5) is 20.2 Å². The minimum absolute atomic E-state index is 0.0126. The third-order valence-corrected chi connectivity index (χ3v) is 6.04. The highest BCUT2D eigenvalue weighted by Crippen LogP contribution is 2.26. The number of carbonyl (C=O) groups excluding carboxylic acids is 3. The van der Waals surface area contributed by atoms with Crippen molar-refractivity contribution in [3.63, 3.8) is 0 Å². The Labute approximate surface area is 221 Å². The highest BCUT2D eigenvalue weighted by molar-refractivity contribution is 9.10. The molecule has 2 amide bonds. The summed E-state index contributed by atoms with van der Waals surface area (Å²) in [6.45, 7) is 3.55. The minimum atomic E-state index is -0.981. The normalized spacial score (nSPS) is 11.4. The van der Waals surface area contributed by atoms with Gasteiger partial charge in [0.05, 0.1) is 18.7 Å². The number of aryl methyl sites for hydroxylation is 2. The van der Waals surface area contributed by atoms with E-state index in [4.69, 9.17) is 4.74 Å². The fourth-order valence-corrected chi connectivity index (χ4v) is 4.32. The van der Waals surface area contributed by atoms with Gasteiger partial charge in [-0.25, -0.2) is 8.78 Å². The number of halogens is 3. The first-order valence-electron chi connectivity index (χ1n) is 11.3. The molecule has 1 atom stereocenters. The Morgan fingerprint density at radius 3 is 2.27 bits per heavy atom. The second kappa shape index (κ2) is 12.4. The van der Waals surface area contributed by atoms with Crippen molar-refractivity contribution in [1.29, 1.82) is 0 Å². The molecule has 10 heteroatoms. The topological polar surface area (TPSA) is 87.7 Å². The number of amides is 2. The number of rotatable bonds is 10. The van der Waals surface area contributed by atoms with E-state index in [9.17, 15) is 23.2 Å². The zero-order valence-corrected chi connectivity index (χ0v) is 22.1. The van der Waals surface area contributed by atoms with Gasteiger partial charge in [0, 0.05) is 22.9 Å². The van der Waals surface area contributed by atoms with Gasteiger partial charge in [-0.2, -0.15) is 0 Å².